The SMILES string of the molecule is C#CC1(c2ccccc2)CCN(C(=O)c2cc(C(=O)N3CCCCC3)c3cc(OCc4ccc(Cl)cc4C#N)ccc3n2)CC1. The van der Waals surface area contributed by atoms with E-state index in [0.29, 0.717) is 77.4 Å². The smallest absolute Gasteiger partial charge is 0.272 e. The van der Waals surface area contributed by atoms with E-state index < -0.39 is 5.41 Å². The maximum absolute atomic E-state index is 13.9. The second kappa shape index (κ2) is 13.0. The van der Waals surface area contributed by atoms with Gasteiger partial charge in [-0.1, -0.05) is 53.9 Å². The highest BCUT2D eigenvalue weighted by atomic mass is 35.5. The fourth-order valence-electron chi connectivity index (χ4n) is 6.32. The van der Waals surface area contributed by atoms with Crippen LogP contribution in [0.4, 0.5) is 0 Å². The molecule has 3 heterocycles. The molecule has 4 aromatic rings. The summed E-state index contributed by atoms with van der Waals surface area (Å²) in [4.78, 5) is 36.2. The first-order chi connectivity index (χ1) is 21.9. The molecule has 2 saturated heterocycles. The maximum atomic E-state index is 13.9. The molecule has 1 aromatic heterocycles. The largest absolute Gasteiger partial charge is 0.489 e. The number of ether oxygens (including phenoxy) is 1. The van der Waals surface area contributed by atoms with Gasteiger partial charge in [0.25, 0.3) is 11.8 Å². The minimum atomic E-state index is -0.416. The summed E-state index contributed by atoms with van der Waals surface area (Å²) >= 11 is 6.05. The van der Waals surface area contributed by atoms with Crippen molar-refractivity contribution in [2.45, 2.75) is 44.1 Å². The van der Waals surface area contributed by atoms with Crippen molar-refractivity contribution >= 4 is 34.3 Å². The molecular formula is C37H33ClN4O3. The molecule has 45 heavy (non-hydrogen) atoms. The van der Waals surface area contributed by atoms with Crippen molar-refractivity contribution in [1.82, 2.24) is 14.8 Å². The molecule has 2 aliphatic heterocycles. The van der Waals surface area contributed by atoms with Crippen molar-refractivity contribution in [3.63, 3.8) is 0 Å². The van der Waals surface area contributed by atoms with E-state index in [0.717, 1.165) is 24.8 Å². The number of rotatable bonds is 6. The van der Waals surface area contributed by atoms with Crippen LogP contribution in [0, 0.1) is 23.7 Å². The molecular weight excluding hydrogens is 584 g/mol. The zero-order valence-corrected chi connectivity index (χ0v) is 25.7. The number of terminal acetylenes is 1. The van der Waals surface area contributed by atoms with Gasteiger partial charge in [0.2, 0.25) is 0 Å². The van der Waals surface area contributed by atoms with Crippen LogP contribution in [-0.4, -0.2) is 52.8 Å². The molecule has 0 aliphatic carbocycles. The normalized spacial score (nSPS) is 16.1. The Morgan fingerprint density at radius 3 is 2.36 bits per heavy atom. The van der Waals surface area contributed by atoms with Crippen molar-refractivity contribution in [2.24, 2.45) is 0 Å². The lowest BCUT2D eigenvalue weighted by atomic mass is 9.73. The zero-order valence-electron chi connectivity index (χ0n) is 25.0. The lowest BCUT2D eigenvalue weighted by Crippen LogP contribution is -2.45. The maximum Gasteiger partial charge on any atom is 0.272 e. The molecule has 0 unspecified atom stereocenters. The van der Waals surface area contributed by atoms with Gasteiger partial charge in [-0.05, 0) is 74.1 Å². The number of pyridine rings is 1. The Balaban J connectivity index is 1.29. The highest BCUT2D eigenvalue weighted by molar-refractivity contribution is 6.30. The third-order valence-corrected chi connectivity index (χ3v) is 9.20. The average molecular weight is 617 g/mol. The topological polar surface area (TPSA) is 86.5 Å². The molecule has 0 N–H and O–H groups in total. The van der Waals surface area contributed by atoms with E-state index in [1.807, 2.05) is 23.1 Å². The predicted octanol–water partition coefficient (Wildman–Crippen LogP) is 6.77. The van der Waals surface area contributed by atoms with E-state index in [1.54, 1.807) is 47.4 Å². The van der Waals surface area contributed by atoms with Gasteiger partial charge in [0.1, 0.15) is 18.1 Å². The lowest BCUT2D eigenvalue weighted by Gasteiger charge is -2.38. The van der Waals surface area contributed by atoms with E-state index in [9.17, 15) is 14.9 Å². The minimum Gasteiger partial charge on any atom is -0.489 e. The Bertz CT molecular complexity index is 1830. The lowest BCUT2D eigenvalue weighted by molar-refractivity contribution is 0.0687. The second-order valence-corrected chi connectivity index (χ2v) is 12.1. The Kier molecular flexibility index (Phi) is 8.74. The monoisotopic (exact) mass is 616 g/mol. The van der Waals surface area contributed by atoms with Crippen molar-refractivity contribution < 1.29 is 14.3 Å². The number of benzene rings is 3. The number of fused-ring (bicyclic) bond motifs is 1. The Morgan fingerprint density at radius 2 is 1.64 bits per heavy atom. The van der Waals surface area contributed by atoms with Crippen molar-refractivity contribution in [2.75, 3.05) is 26.2 Å². The Morgan fingerprint density at radius 1 is 0.911 bits per heavy atom. The standard InChI is InChI=1S/C37H33ClN4O3/c1-2-37(28-9-5-3-6-10-28)15-19-42(20-16-37)36(44)34-23-32(35(43)41-17-7-4-8-18-41)31-22-30(13-14-33(31)40-34)45-25-26-11-12-29(38)21-27(26)24-39/h1,3,5-6,9-14,21-23H,4,7-8,15-20,25H2. The summed E-state index contributed by atoms with van der Waals surface area (Å²) in [7, 11) is 0. The fourth-order valence-corrected chi connectivity index (χ4v) is 6.49. The van der Waals surface area contributed by atoms with Gasteiger partial charge in [0.15, 0.2) is 0 Å². The van der Waals surface area contributed by atoms with Crippen LogP contribution in [-0.2, 0) is 12.0 Å². The first kappa shape index (κ1) is 30.2. The summed E-state index contributed by atoms with van der Waals surface area (Å²) < 4.78 is 6.06. The average Bonchev–Trinajstić information content (AvgIpc) is 3.10. The van der Waals surface area contributed by atoms with E-state index in [4.69, 9.17) is 27.7 Å². The number of nitriles is 1. The molecule has 0 spiro atoms. The van der Waals surface area contributed by atoms with Crippen LogP contribution in [0.3, 0.4) is 0 Å². The first-order valence-electron chi connectivity index (χ1n) is 15.3. The highest BCUT2D eigenvalue weighted by Gasteiger charge is 2.36. The zero-order chi connectivity index (χ0) is 31.4. The molecule has 6 rings (SSSR count). The summed E-state index contributed by atoms with van der Waals surface area (Å²) in [5.41, 5.74) is 3.03. The summed E-state index contributed by atoms with van der Waals surface area (Å²) in [6.07, 6.45) is 10.3. The summed E-state index contributed by atoms with van der Waals surface area (Å²) in [5.74, 6) is 3.21. The molecule has 7 nitrogen and oxygen atoms in total. The quantitative estimate of drug-likeness (QED) is 0.223. The molecule has 2 fully saturated rings. The molecule has 226 valence electrons. The number of likely N-dealkylation sites (tertiary alicyclic amines) is 2. The van der Waals surface area contributed by atoms with Crippen LogP contribution in [0.5, 0.6) is 5.75 Å². The van der Waals surface area contributed by atoms with Gasteiger partial charge in [-0.25, -0.2) is 4.98 Å². The molecule has 3 aromatic carbocycles. The van der Waals surface area contributed by atoms with Gasteiger partial charge < -0.3 is 14.5 Å². The first-order valence-corrected chi connectivity index (χ1v) is 15.7. The molecule has 0 saturated carbocycles. The van der Waals surface area contributed by atoms with E-state index in [2.05, 4.69) is 24.1 Å². The summed E-state index contributed by atoms with van der Waals surface area (Å²) in [6, 6.07) is 24.3. The number of amides is 2. The minimum absolute atomic E-state index is 0.119. The van der Waals surface area contributed by atoms with E-state index in [1.165, 1.54) is 0 Å². The number of piperidine rings is 2. The molecule has 0 bridgehead atoms. The Hall–Kier alpha value is -4.85. The van der Waals surface area contributed by atoms with Crippen LogP contribution >= 0.6 is 11.6 Å². The van der Waals surface area contributed by atoms with Crippen LogP contribution < -0.4 is 4.74 Å². The fraction of sp³-hybridized carbons (Fsp3) is 0.297. The number of hydrogen-bond acceptors (Lipinski definition) is 5. The van der Waals surface area contributed by atoms with Gasteiger partial charge in [-0.15, -0.1) is 6.42 Å². The van der Waals surface area contributed by atoms with Gasteiger partial charge >= 0.3 is 0 Å². The molecule has 2 amide bonds. The van der Waals surface area contributed by atoms with Gasteiger partial charge in [0, 0.05) is 42.2 Å². The van der Waals surface area contributed by atoms with E-state index >= 15 is 0 Å². The number of carbonyl (C=O) groups is 2. The van der Waals surface area contributed by atoms with Crippen molar-refractivity contribution in [1.29, 1.82) is 5.26 Å². The van der Waals surface area contributed by atoms with E-state index in [-0.39, 0.29) is 24.1 Å². The van der Waals surface area contributed by atoms with Crippen molar-refractivity contribution in [3.8, 4) is 24.2 Å². The number of hydrogen-bond donors (Lipinski definition) is 0. The van der Waals surface area contributed by atoms with Crippen LogP contribution in [0.25, 0.3) is 10.9 Å². The predicted molar refractivity (Wildman–Crippen MR) is 174 cm³/mol. The number of nitrogens with zero attached hydrogens (tertiary/aromatic N) is 4. The third kappa shape index (κ3) is 6.23. The van der Waals surface area contributed by atoms with Gasteiger partial charge in [0.05, 0.1) is 28.1 Å². The second-order valence-electron chi connectivity index (χ2n) is 11.7. The molecule has 0 atom stereocenters. The number of aromatic nitrogens is 1. The molecule has 8 heteroatoms. The summed E-state index contributed by atoms with van der Waals surface area (Å²) in [6.45, 7) is 2.50. The third-order valence-electron chi connectivity index (χ3n) is 8.97. The van der Waals surface area contributed by atoms with Gasteiger partial charge in [-0.3, -0.25) is 9.59 Å². The van der Waals surface area contributed by atoms with Crippen LogP contribution in [0.15, 0.2) is 72.8 Å². The van der Waals surface area contributed by atoms with Gasteiger partial charge in [-0.2, -0.15) is 5.26 Å². The number of carbonyl (C=O) groups excluding carboxylic acids is 2. The highest BCUT2D eigenvalue weighted by Crippen LogP contribution is 2.35. The van der Waals surface area contributed by atoms with Crippen molar-refractivity contribution in [3.05, 3.63) is 106 Å². The molecule has 0 radical (unpaired) electrons. The van der Waals surface area contributed by atoms with Crippen LogP contribution in [0.2, 0.25) is 5.02 Å². The number of halogens is 1. The summed E-state index contributed by atoms with van der Waals surface area (Å²) in [5, 5.41) is 10.6. The Labute approximate surface area is 268 Å². The van der Waals surface area contributed by atoms with Crippen LogP contribution in [0.1, 0.15) is 69.6 Å². The molecule has 2 aliphatic rings.